The van der Waals surface area contributed by atoms with Gasteiger partial charge in [0.05, 0.1) is 11.1 Å². The van der Waals surface area contributed by atoms with E-state index in [2.05, 4.69) is 10.3 Å². The number of carbonyl (C=O) groups excluding carboxylic acids is 2. The highest BCUT2D eigenvalue weighted by molar-refractivity contribution is 6.04. The van der Waals surface area contributed by atoms with Crippen LogP contribution in [-0.4, -0.2) is 29.5 Å². The summed E-state index contributed by atoms with van der Waals surface area (Å²) in [5.74, 6) is -0.728. The van der Waals surface area contributed by atoms with E-state index in [0.29, 0.717) is 5.56 Å². The van der Waals surface area contributed by atoms with Gasteiger partial charge in [-0.3, -0.25) is 9.78 Å². The van der Waals surface area contributed by atoms with Crippen molar-refractivity contribution in [3.05, 3.63) is 41.6 Å². The van der Waals surface area contributed by atoms with Crippen LogP contribution in [0.4, 0.5) is 0 Å². The molecule has 1 aromatic heterocycles. The van der Waals surface area contributed by atoms with E-state index in [9.17, 15) is 9.59 Å². The fourth-order valence-corrected chi connectivity index (χ4v) is 3.03. The first-order valence-electron chi connectivity index (χ1n) is 7.96. The van der Waals surface area contributed by atoms with E-state index in [0.717, 1.165) is 42.3 Å². The topological polar surface area (TPSA) is 68.3 Å². The third-order valence-electron chi connectivity index (χ3n) is 4.12. The lowest BCUT2D eigenvalue weighted by molar-refractivity contribution is -0.124. The molecule has 5 nitrogen and oxygen atoms in total. The summed E-state index contributed by atoms with van der Waals surface area (Å²) < 4.78 is 5.18. The Hall–Kier alpha value is -2.43. The van der Waals surface area contributed by atoms with Gasteiger partial charge in [0, 0.05) is 17.1 Å². The summed E-state index contributed by atoms with van der Waals surface area (Å²) in [5, 5.41) is 3.64. The van der Waals surface area contributed by atoms with Gasteiger partial charge in [0.2, 0.25) is 0 Å². The first kappa shape index (κ1) is 15.5. The van der Waals surface area contributed by atoms with Crippen LogP contribution in [0.3, 0.4) is 0 Å². The Morgan fingerprint density at radius 1 is 1.26 bits per heavy atom. The van der Waals surface area contributed by atoms with E-state index in [1.807, 2.05) is 31.2 Å². The third kappa shape index (κ3) is 3.67. The van der Waals surface area contributed by atoms with Gasteiger partial charge >= 0.3 is 5.97 Å². The minimum Gasteiger partial charge on any atom is -0.452 e. The van der Waals surface area contributed by atoms with Crippen LogP contribution in [0, 0.1) is 6.92 Å². The predicted octanol–water partition coefficient (Wildman–Crippen LogP) is 2.76. The monoisotopic (exact) mass is 312 g/mol. The molecule has 2 aromatic rings. The van der Waals surface area contributed by atoms with Crippen LogP contribution in [0.25, 0.3) is 10.9 Å². The number of amides is 1. The Labute approximate surface area is 135 Å². The number of para-hydroxylation sites is 1. The molecule has 1 aliphatic carbocycles. The number of esters is 1. The highest BCUT2D eigenvalue weighted by Gasteiger charge is 2.19. The fraction of sp³-hybridized carbons (Fsp3) is 0.389. The maximum atomic E-state index is 12.3. The third-order valence-corrected chi connectivity index (χ3v) is 4.12. The number of hydrogen-bond donors (Lipinski definition) is 1. The zero-order chi connectivity index (χ0) is 16.2. The van der Waals surface area contributed by atoms with E-state index in [-0.39, 0.29) is 18.6 Å². The Morgan fingerprint density at radius 3 is 2.78 bits per heavy atom. The summed E-state index contributed by atoms with van der Waals surface area (Å²) in [6, 6.07) is 9.33. The van der Waals surface area contributed by atoms with Gasteiger partial charge in [0.1, 0.15) is 0 Å². The predicted molar refractivity (Wildman–Crippen MR) is 87.2 cm³/mol. The maximum Gasteiger partial charge on any atom is 0.339 e. The number of nitrogens with zero attached hydrogens (tertiary/aromatic N) is 1. The molecule has 1 aromatic carbocycles. The standard InChI is InChI=1S/C18H20N2O3/c1-12-10-15(14-8-4-5-9-16(14)19-12)18(22)23-11-17(21)20-13-6-2-3-7-13/h4-5,8-10,13H,2-3,6-7,11H2,1H3,(H,20,21). The molecule has 1 N–H and O–H groups in total. The van der Waals surface area contributed by atoms with Crippen LogP contribution in [0.15, 0.2) is 30.3 Å². The van der Waals surface area contributed by atoms with Gasteiger partial charge in [-0.15, -0.1) is 0 Å². The van der Waals surface area contributed by atoms with Gasteiger partial charge in [-0.1, -0.05) is 31.0 Å². The largest absolute Gasteiger partial charge is 0.452 e. The van der Waals surface area contributed by atoms with Crippen LogP contribution in [0.1, 0.15) is 41.7 Å². The number of rotatable bonds is 4. The van der Waals surface area contributed by atoms with Gasteiger partial charge in [-0.2, -0.15) is 0 Å². The molecule has 120 valence electrons. The van der Waals surface area contributed by atoms with E-state index >= 15 is 0 Å². The van der Waals surface area contributed by atoms with Gasteiger partial charge < -0.3 is 10.1 Å². The molecular formula is C18H20N2O3. The Morgan fingerprint density at radius 2 is 2.00 bits per heavy atom. The summed E-state index contributed by atoms with van der Waals surface area (Å²) in [6.45, 7) is 1.58. The second-order valence-electron chi connectivity index (χ2n) is 5.95. The van der Waals surface area contributed by atoms with Gasteiger partial charge in [-0.05, 0) is 31.9 Å². The molecule has 1 amide bonds. The number of benzene rings is 1. The smallest absolute Gasteiger partial charge is 0.339 e. The minimum absolute atomic E-state index is 0.227. The van der Waals surface area contributed by atoms with E-state index in [4.69, 9.17) is 4.74 Å². The van der Waals surface area contributed by atoms with Crippen molar-refractivity contribution in [1.82, 2.24) is 10.3 Å². The quantitative estimate of drug-likeness (QED) is 0.881. The van der Waals surface area contributed by atoms with Crippen molar-refractivity contribution in [2.45, 2.75) is 38.6 Å². The van der Waals surface area contributed by atoms with Crippen LogP contribution < -0.4 is 5.32 Å². The second-order valence-corrected chi connectivity index (χ2v) is 5.95. The summed E-state index contributed by atoms with van der Waals surface area (Å²) in [6.07, 6.45) is 4.31. The lowest BCUT2D eigenvalue weighted by Gasteiger charge is -2.12. The number of ether oxygens (including phenoxy) is 1. The maximum absolute atomic E-state index is 12.3. The first-order valence-corrected chi connectivity index (χ1v) is 7.96. The molecule has 0 saturated heterocycles. The van der Waals surface area contributed by atoms with Crippen molar-refractivity contribution in [1.29, 1.82) is 0 Å². The first-order chi connectivity index (χ1) is 11.1. The fourth-order valence-electron chi connectivity index (χ4n) is 3.03. The SMILES string of the molecule is Cc1cc(C(=O)OCC(=O)NC2CCCC2)c2ccccc2n1. The molecule has 0 spiro atoms. The van der Waals surface area contributed by atoms with Crippen molar-refractivity contribution in [3.8, 4) is 0 Å². The van der Waals surface area contributed by atoms with Crippen molar-refractivity contribution < 1.29 is 14.3 Å². The van der Waals surface area contributed by atoms with E-state index < -0.39 is 5.97 Å². The number of carbonyl (C=O) groups is 2. The van der Waals surface area contributed by atoms with Gasteiger partial charge in [0.25, 0.3) is 5.91 Å². The normalized spacial score (nSPS) is 14.8. The molecule has 0 radical (unpaired) electrons. The molecule has 23 heavy (non-hydrogen) atoms. The van der Waals surface area contributed by atoms with Gasteiger partial charge in [0.15, 0.2) is 6.61 Å². The number of fused-ring (bicyclic) bond motifs is 1. The number of nitrogens with one attached hydrogen (secondary N) is 1. The molecule has 3 rings (SSSR count). The van der Waals surface area contributed by atoms with E-state index in [1.165, 1.54) is 0 Å². The van der Waals surface area contributed by atoms with Crippen molar-refractivity contribution in [2.75, 3.05) is 6.61 Å². The lowest BCUT2D eigenvalue weighted by Crippen LogP contribution is -2.35. The summed E-state index contributed by atoms with van der Waals surface area (Å²) in [5.41, 5.74) is 1.93. The van der Waals surface area contributed by atoms with Crippen molar-refractivity contribution >= 4 is 22.8 Å². The zero-order valence-electron chi connectivity index (χ0n) is 13.2. The highest BCUT2D eigenvalue weighted by atomic mass is 16.5. The average molecular weight is 312 g/mol. The molecule has 1 heterocycles. The molecule has 1 fully saturated rings. The average Bonchev–Trinajstić information content (AvgIpc) is 3.04. The van der Waals surface area contributed by atoms with Gasteiger partial charge in [-0.25, -0.2) is 4.79 Å². The Balaban J connectivity index is 1.67. The van der Waals surface area contributed by atoms with Crippen molar-refractivity contribution in [2.24, 2.45) is 0 Å². The Bertz CT molecular complexity index is 736. The highest BCUT2D eigenvalue weighted by Crippen LogP contribution is 2.19. The molecule has 0 aliphatic heterocycles. The molecule has 5 heteroatoms. The minimum atomic E-state index is -0.492. The number of aryl methyl sites for hydroxylation is 1. The summed E-state index contributed by atoms with van der Waals surface area (Å²) >= 11 is 0. The second kappa shape index (κ2) is 6.77. The zero-order valence-corrected chi connectivity index (χ0v) is 13.2. The van der Waals surface area contributed by atoms with Crippen LogP contribution in [-0.2, 0) is 9.53 Å². The summed E-state index contributed by atoms with van der Waals surface area (Å²) in [7, 11) is 0. The van der Waals surface area contributed by atoms with E-state index in [1.54, 1.807) is 6.07 Å². The number of pyridine rings is 1. The molecule has 0 atom stereocenters. The van der Waals surface area contributed by atoms with Crippen LogP contribution in [0.5, 0.6) is 0 Å². The van der Waals surface area contributed by atoms with Crippen molar-refractivity contribution in [3.63, 3.8) is 0 Å². The molecule has 0 unspecified atom stereocenters. The number of hydrogen-bond acceptors (Lipinski definition) is 4. The van der Waals surface area contributed by atoms with Crippen LogP contribution >= 0.6 is 0 Å². The Kier molecular flexibility index (Phi) is 4.55. The molecule has 1 saturated carbocycles. The number of aromatic nitrogens is 1. The molecular weight excluding hydrogens is 292 g/mol. The molecule has 1 aliphatic rings. The van der Waals surface area contributed by atoms with Crippen LogP contribution in [0.2, 0.25) is 0 Å². The lowest BCUT2D eigenvalue weighted by atomic mass is 10.1. The summed E-state index contributed by atoms with van der Waals surface area (Å²) in [4.78, 5) is 28.6. The molecule has 0 bridgehead atoms.